The van der Waals surface area contributed by atoms with Crippen molar-refractivity contribution in [3.63, 3.8) is 0 Å². The standard InChI is InChI=1S/C10H20O2/c1-2-3-4-5-7-11-9-10-6-8-12-10/h10H,2-9H2,1H3. The zero-order chi connectivity index (χ0) is 8.65. The van der Waals surface area contributed by atoms with Gasteiger partial charge in [-0.25, -0.2) is 0 Å². The summed E-state index contributed by atoms with van der Waals surface area (Å²) in [6, 6.07) is 0. The van der Waals surface area contributed by atoms with Gasteiger partial charge in [-0.2, -0.15) is 0 Å². The van der Waals surface area contributed by atoms with Crippen LogP contribution in [0.1, 0.15) is 39.0 Å². The van der Waals surface area contributed by atoms with E-state index in [1.165, 1.54) is 32.1 Å². The molecule has 0 N–H and O–H groups in total. The van der Waals surface area contributed by atoms with Crippen molar-refractivity contribution in [1.29, 1.82) is 0 Å². The Hall–Kier alpha value is -0.0800. The van der Waals surface area contributed by atoms with E-state index in [1.807, 2.05) is 0 Å². The SMILES string of the molecule is CCCCCCOCC1CCO1. The van der Waals surface area contributed by atoms with Crippen LogP contribution >= 0.6 is 0 Å². The van der Waals surface area contributed by atoms with Crippen LogP contribution in [0.15, 0.2) is 0 Å². The van der Waals surface area contributed by atoms with Gasteiger partial charge in [-0.15, -0.1) is 0 Å². The maximum atomic E-state index is 5.46. The van der Waals surface area contributed by atoms with Gasteiger partial charge in [-0.05, 0) is 12.8 Å². The molecule has 0 spiro atoms. The summed E-state index contributed by atoms with van der Waals surface area (Å²) in [5, 5.41) is 0. The van der Waals surface area contributed by atoms with Gasteiger partial charge in [0.1, 0.15) is 0 Å². The van der Waals surface area contributed by atoms with Crippen LogP contribution in [0, 0.1) is 0 Å². The van der Waals surface area contributed by atoms with Crippen molar-refractivity contribution in [3.05, 3.63) is 0 Å². The molecule has 2 nitrogen and oxygen atoms in total. The van der Waals surface area contributed by atoms with E-state index in [4.69, 9.17) is 9.47 Å². The molecule has 1 aliphatic heterocycles. The molecule has 72 valence electrons. The van der Waals surface area contributed by atoms with Crippen LogP contribution in [0.2, 0.25) is 0 Å². The van der Waals surface area contributed by atoms with Crippen LogP contribution in [0.4, 0.5) is 0 Å². The molecular formula is C10H20O2. The summed E-state index contributed by atoms with van der Waals surface area (Å²) in [6.45, 7) is 4.89. The van der Waals surface area contributed by atoms with Crippen LogP contribution in [-0.4, -0.2) is 25.9 Å². The average Bonchev–Trinajstić information content (AvgIpc) is 2.00. The van der Waals surface area contributed by atoms with E-state index in [9.17, 15) is 0 Å². The number of ether oxygens (including phenoxy) is 2. The molecule has 1 rings (SSSR count). The van der Waals surface area contributed by atoms with Crippen LogP contribution < -0.4 is 0 Å². The van der Waals surface area contributed by atoms with Crippen molar-refractivity contribution in [3.8, 4) is 0 Å². The van der Waals surface area contributed by atoms with E-state index in [-0.39, 0.29) is 0 Å². The number of unbranched alkanes of at least 4 members (excludes halogenated alkanes) is 3. The second-order valence-corrected chi connectivity index (χ2v) is 3.42. The highest BCUT2D eigenvalue weighted by Crippen LogP contribution is 2.10. The largest absolute Gasteiger partial charge is 0.379 e. The summed E-state index contributed by atoms with van der Waals surface area (Å²) in [7, 11) is 0. The Balaban J connectivity index is 1.70. The fourth-order valence-corrected chi connectivity index (χ4v) is 1.26. The predicted molar refractivity (Wildman–Crippen MR) is 49.3 cm³/mol. The molecule has 1 saturated heterocycles. The summed E-state index contributed by atoms with van der Waals surface area (Å²) >= 11 is 0. The van der Waals surface area contributed by atoms with E-state index in [1.54, 1.807) is 0 Å². The second-order valence-electron chi connectivity index (χ2n) is 3.42. The Morgan fingerprint density at radius 3 is 2.75 bits per heavy atom. The smallest absolute Gasteiger partial charge is 0.0830 e. The Labute approximate surface area is 75.2 Å². The van der Waals surface area contributed by atoms with E-state index in [2.05, 4.69) is 6.92 Å². The molecule has 2 heteroatoms. The Morgan fingerprint density at radius 2 is 2.17 bits per heavy atom. The van der Waals surface area contributed by atoms with E-state index >= 15 is 0 Å². The predicted octanol–water partition coefficient (Wildman–Crippen LogP) is 2.37. The summed E-state index contributed by atoms with van der Waals surface area (Å²) in [5.74, 6) is 0. The molecule has 0 aliphatic carbocycles. The molecule has 0 aromatic heterocycles. The Morgan fingerprint density at radius 1 is 1.33 bits per heavy atom. The second kappa shape index (κ2) is 6.44. The van der Waals surface area contributed by atoms with Gasteiger partial charge in [0.25, 0.3) is 0 Å². The van der Waals surface area contributed by atoms with Crippen molar-refractivity contribution in [2.45, 2.75) is 45.1 Å². The first kappa shape index (κ1) is 10.0. The lowest BCUT2D eigenvalue weighted by molar-refractivity contribution is -0.0939. The van der Waals surface area contributed by atoms with Gasteiger partial charge in [-0.3, -0.25) is 0 Å². The molecule has 1 aliphatic rings. The van der Waals surface area contributed by atoms with Crippen molar-refractivity contribution < 1.29 is 9.47 Å². The minimum atomic E-state index is 0.413. The van der Waals surface area contributed by atoms with Gasteiger partial charge < -0.3 is 9.47 Å². The molecule has 0 aromatic rings. The summed E-state index contributed by atoms with van der Waals surface area (Å²) in [4.78, 5) is 0. The molecule has 12 heavy (non-hydrogen) atoms. The lowest BCUT2D eigenvalue weighted by Crippen LogP contribution is -2.31. The summed E-state index contributed by atoms with van der Waals surface area (Å²) in [5.41, 5.74) is 0. The fraction of sp³-hybridized carbons (Fsp3) is 1.00. The van der Waals surface area contributed by atoms with E-state index < -0.39 is 0 Å². The van der Waals surface area contributed by atoms with Gasteiger partial charge in [-0.1, -0.05) is 26.2 Å². The molecule has 0 radical (unpaired) electrons. The monoisotopic (exact) mass is 172 g/mol. The van der Waals surface area contributed by atoms with Crippen LogP contribution in [0.3, 0.4) is 0 Å². The highest BCUT2D eigenvalue weighted by Gasteiger charge is 2.17. The molecule has 0 aromatic carbocycles. The first-order valence-electron chi connectivity index (χ1n) is 5.13. The summed E-state index contributed by atoms with van der Waals surface area (Å²) < 4.78 is 10.7. The molecular weight excluding hydrogens is 152 g/mol. The third kappa shape index (κ3) is 4.07. The normalized spacial score (nSPS) is 22.2. The first-order chi connectivity index (χ1) is 5.93. The number of hydrogen-bond acceptors (Lipinski definition) is 2. The van der Waals surface area contributed by atoms with Crippen LogP contribution in [0.25, 0.3) is 0 Å². The maximum absolute atomic E-state index is 5.46. The third-order valence-electron chi connectivity index (χ3n) is 2.24. The quantitative estimate of drug-likeness (QED) is 0.549. The lowest BCUT2D eigenvalue weighted by atomic mass is 10.2. The number of hydrogen-bond donors (Lipinski definition) is 0. The topological polar surface area (TPSA) is 18.5 Å². The van der Waals surface area contributed by atoms with Crippen LogP contribution in [0.5, 0.6) is 0 Å². The molecule has 0 saturated carbocycles. The Bertz CT molecular complexity index is 100. The molecule has 0 amide bonds. The Kier molecular flexibility index (Phi) is 5.37. The molecule has 0 bridgehead atoms. The van der Waals surface area contributed by atoms with Crippen molar-refractivity contribution in [2.24, 2.45) is 0 Å². The lowest BCUT2D eigenvalue weighted by Gasteiger charge is -2.25. The summed E-state index contributed by atoms with van der Waals surface area (Å²) in [6.07, 6.45) is 6.75. The van der Waals surface area contributed by atoms with E-state index in [0.717, 1.165) is 19.8 Å². The van der Waals surface area contributed by atoms with E-state index in [0.29, 0.717) is 6.10 Å². The average molecular weight is 172 g/mol. The zero-order valence-electron chi connectivity index (χ0n) is 8.05. The molecule has 1 heterocycles. The number of rotatable bonds is 7. The van der Waals surface area contributed by atoms with Gasteiger partial charge in [0, 0.05) is 13.2 Å². The molecule has 1 atom stereocenters. The fourth-order valence-electron chi connectivity index (χ4n) is 1.26. The minimum absolute atomic E-state index is 0.413. The van der Waals surface area contributed by atoms with Crippen molar-refractivity contribution >= 4 is 0 Å². The zero-order valence-corrected chi connectivity index (χ0v) is 8.05. The van der Waals surface area contributed by atoms with Gasteiger partial charge in [0.2, 0.25) is 0 Å². The molecule has 1 unspecified atom stereocenters. The van der Waals surface area contributed by atoms with Gasteiger partial charge in [0.15, 0.2) is 0 Å². The third-order valence-corrected chi connectivity index (χ3v) is 2.24. The van der Waals surface area contributed by atoms with Gasteiger partial charge >= 0.3 is 0 Å². The van der Waals surface area contributed by atoms with Crippen molar-refractivity contribution in [2.75, 3.05) is 19.8 Å². The first-order valence-corrected chi connectivity index (χ1v) is 5.13. The molecule has 1 fully saturated rings. The highest BCUT2D eigenvalue weighted by molar-refractivity contribution is 4.64. The highest BCUT2D eigenvalue weighted by atomic mass is 16.5. The van der Waals surface area contributed by atoms with Crippen LogP contribution in [-0.2, 0) is 9.47 Å². The van der Waals surface area contributed by atoms with Crippen molar-refractivity contribution in [1.82, 2.24) is 0 Å². The van der Waals surface area contributed by atoms with Gasteiger partial charge in [0.05, 0.1) is 12.7 Å². The minimum Gasteiger partial charge on any atom is -0.379 e. The maximum Gasteiger partial charge on any atom is 0.0830 e.